The Hall–Kier alpha value is -0.290. The van der Waals surface area contributed by atoms with E-state index in [0.717, 1.165) is 0 Å². The fourth-order valence-corrected chi connectivity index (χ4v) is 1.69. The Bertz CT molecular complexity index is 424. The van der Waals surface area contributed by atoms with Crippen molar-refractivity contribution in [3.05, 3.63) is 43.0 Å². The molecule has 0 aliphatic heterocycles. The average molecular weight is 377 g/mol. The summed E-state index contributed by atoms with van der Waals surface area (Å²) in [5.41, 5.74) is 0. The van der Waals surface area contributed by atoms with E-state index in [1.54, 1.807) is 39.0 Å². The summed E-state index contributed by atoms with van der Waals surface area (Å²) in [4.78, 5) is 0.164. The molecule has 7 nitrogen and oxygen atoms in total. The van der Waals surface area contributed by atoms with Crippen LogP contribution in [0.4, 0.5) is 0 Å². The van der Waals surface area contributed by atoms with Crippen molar-refractivity contribution in [3.8, 4) is 0 Å². The third-order valence-electron chi connectivity index (χ3n) is 1.37. The molecule has 0 saturated heterocycles. The molecule has 1 aromatic rings. The van der Waals surface area contributed by atoms with E-state index in [9.17, 15) is 8.42 Å². The summed E-state index contributed by atoms with van der Waals surface area (Å²) in [7, 11) is -3.59. The van der Waals surface area contributed by atoms with Gasteiger partial charge in [-0.05, 0) is 32.9 Å². The van der Waals surface area contributed by atoms with Gasteiger partial charge in [0.05, 0.1) is 11.5 Å². The van der Waals surface area contributed by atoms with Crippen LogP contribution in [0.2, 0.25) is 0 Å². The first kappa shape index (κ1) is 34.9. The van der Waals surface area contributed by atoms with Crippen LogP contribution >= 0.6 is 0 Å². The van der Waals surface area contributed by atoms with Crippen LogP contribution in [-0.2, 0) is 14.3 Å². The van der Waals surface area contributed by atoms with Crippen molar-refractivity contribution in [2.24, 2.45) is 0 Å². The molecule has 24 heavy (non-hydrogen) atoms. The van der Waals surface area contributed by atoms with Gasteiger partial charge in [-0.1, -0.05) is 24.3 Å². The molecular weight excluding hydrogens is 345 g/mol. The van der Waals surface area contributed by atoms with Crippen molar-refractivity contribution in [1.29, 1.82) is 0 Å². The molecule has 0 aliphatic carbocycles. The molecule has 0 heterocycles. The van der Waals surface area contributed by atoms with Gasteiger partial charge in [-0.15, -0.1) is 6.58 Å². The second-order valence-electron chi connectivity index (χ2n) is 3.29. The molecular formula is C15H32NNaO6S. The molecule has 0 saturated carbocycles. The van der Waals surface area contributed by atoms with Gasteiger partial charge in [-0.2, -0.15) is 8.42 Å². The molecule has 0 radical (unpaired) electrons. The molecule has 0 fully saturated rings. The summed E-state index contributed by atoms with van der Waals surface area (Å²) in [6.45, 7) is 9.16. The summed E-state index contributed by atoms with van der Waals surface area (Å²) in [6.07, 6.45) is 1.39. The molecule has 1 aromatic carbocycles. The Morgan fingerprint density at radius 1 is 1.00 bits per heavy atom. The quantitative estimate of drug-likeness (QED) is 0.350. The number of benzene rings is 1. The maximum atomic E-state index is 11.3. The van der Waals surface area contributed by atoms with Crippen molar-refractivity contribution in [1.82, 2.24) is 6.15 Å². The minimum atomic E-state index is -3.59. The molecule has 6 N–H and O–H groups in total. The summed E-state index contributed by atoms with van der Waals surface area (Å²) in [5, 5.41) is 22.7. The first-order chi connectivity index (χ1) is 10.4. The van der Waals surface area contributed by atoms with E-state index in [1.807, 2.05) is 0 Å². The predicted octanol–water partition coefficient (Wildman–Crippen LogP) is 1.09. The van der Waals surface area contributed by atoms with Crippen LogP contribution in [0.3, 0.4) is 0 Å². The topological polar surface area (TPSA) is 139 Å². The normalized spacial score (nSPS) is 8.25. The molecule has 140 valence electrons. The SMILES string of the molecule is C=CCOS(=O)(=O)c1ccccc1.CCO.CCO.CCO.N.[NaH]. The molecule has 0 atom stereocenters. The standard InChI is InChI=1S/C9H10O3S.3C2H6O.H3N.Na.H/c1-2-8-12-13(10,11)9-6-4-3-5-7-9;3*1-2-3;;;/h2-7H,1,8H2;3*3H,2H2,1H3;1H3;;. The summed E-state index contributed by atoms with van der Waals surface area (Å²) in [6, 6.07) is 8.00. The van der Waals surface area contributed by atoms with Gasteiger partial charge >= 0.3 is 29.6 Å². The maximum absolute atomic E-state index is 11.3. The van der Waals surface area contributed by atoms with Gasteiger partial charge in [0.2, 0.25) is 0 Å². The Morgan fingerprint density at radius 3 is 1.62 bits per heavy atom. The van der Waals surface area contributed by atoms with Crippen LogP contribution in [0.25, 0.3) is 0 Å². The number of hydrogen-bond donors (Lipinski definition) is 4. The van der Waals surface area contributed by atoms with Crippen LogP contribution in [-0.4, -0.2) is 79.7 Å². The summed E-state index contributed by atoms with van der Waals surface area (Å²) in [5.74, 6) is 0. The van der Waals surface area contributed by atoms with Gasteiger partial charge in [-0.25, -0.2) is 0 Å². The number of aliphatic hydroxyl groups excluding tert-OH is 3. The Labute approximate surface area is 168 Å². The van der Waals surface area contributed by atoms with E-state index >= 15 is 0 Å². The molecule has 0 unspecified atom stereocenters. The Kier molecular flexibility index (Phi) is 40.1. The minimum absolute atomic E-state index is 0. The molecule has 9 heteroatoms. The Balaban J connectivity index is -0.0000000929. The zero-order valence-corrected chi connectivity index (χ0v) is 15.0. The molecule has 0 aliphatic rings. The first-order valence-electron chi connectivity index (χ1n) is 6.79. The van der Waals surface area contributed by atoms with Gasteiger partial charge < -0.3 is 21.5 Å². The van der Waals surface area contributed by atoms with E-state index in [0.29, 0.717) is 0 Å². The van der Waals surface area contributed by atoms with Crippen molar-refractivity contribution in [2.75, 3.05) is 26.4 Å². The number of rotatable bonds is 4. The van der Waals surface area contributed by atoms with Crippen LogP contribution in [0.5, 0.6) is 0 Å². The second-order valence-corrected chi connectivity index (χ2v) is 4.90. The van der Waals surface area contributed by atoms with Crippen LogP contribution in [0, 0.1) is 0 Å². The summed E-state index contributed by atoms with van der Waals surface area (Å²) >= 11 is 0. The van der Waals surface area contributed by atoms with E-state index in [-0.39, 0.29) is 67.0 Å². The van der Waals surface area contributed by atoms with E-state index in [1.165, 1.54) is 18.2 Å². The average Bonchev–Trinajstić information content (AvgIpc) is 2.49. The van der Waals surface area contributed by atoms with E-state index < -0.39 is 10.1 Å². The fourth-order valence-electron chi connectivity index (χ4n) is 0.793. The molecule has 0 spiro atoms. The van der Waals surface area contributed by atoms with Gasteiger partial charge in [0.1, 0.15) is 0 Å². The van der Waals surface area contributed by atoms with Crippen LogP contribution in [0.1, 0.15) is 20.8 Å². The molecule has 1 rings (SSSR count). The zero-order chi connectivity index (χ0) is 17.9. The predicted molar refractivity (Wildman–Crippen MR) is 100 cm³/mol. The van der Waals surface area contributed by atoms with Crippen LogP contribution < -0.4 is 6.15 Å². The molecule has 0 aromatic heterocycles. The van der Waals surface area contributed by atoms with Crippen molar-refractivity contribution in [3.63, 3.8) is 0 Å². The van der Waals surface area contributed by atoms with Crippen molar-refractivity contribution in [2.45, 2.75) is 25.7 Å². The second kappa shape index (κ2) is 27.6. The number of aliphatic hydroxyl groups is 3. The van der Waals surface area contributed by atoms with Gasteiger partial charge in [-0.3, -0.25) is 4.18 Å². The monoisotopic (exact) mass is 377 g/mol. The fraction of sp³-hybridized carbons (Fsp3) is 0.467. The summed E-state index contributed by atoms with van der Waals surface area (Å²) < 4.78 is 27.3. The first-order valence-corrected chi connectivity index (χ1v) is 8.20. The number of hydrogen-bond acceptors (Lipinski definition) is 7. The van der Waals surface area contributed by atoms with Crippen molar-refractivity contribution >= 4 is 39.7 Å². The third-order valence-corrected chi connectivity index (χ3v) is 2.67. The van der Waals surface area contributed by atoms with Crippen molar-refractivity contribution < 1.29 is 27.9 Å². The van der Waals surface area contributed by atoms with E-state index in [2.05, 4.69) is 10.8 Å². The van der Waals surface area contributed by atoms with Crippen LogP contribution in [0.15, 0.2) is 47.9 Å². The van der Waals surface area contributed by atoms with Gasteiger partial charge in [0.15, 0.2) is 0 Å². The zero-order valence-electron chi connectivity index (χ0n) is 14.2. The molecule has 0 amide bonds. The van der Waals surface area contributed by atoms with Gasteiger partial charge in [0.25, 0.3) is 10.1 Å². The van der Waals surface area contributed by atoms with Gasteiger partial charge in [0, 0.05) is 19.8 Å². The Morgan fingerprint density at radius 2 is 1.33 bits per heavy atom. The molecule has 0 bridgehead atoms. The van der Waals surface area contributed by atoms with E-state index in [4.69, 9.17) is 15.3 Å². The third kappa shape index (κ3) is 26.6.